The molecule has 2 N–H and O–H groups in total. The Kier molecular flexibility index (Phi) is 5.76. The molecule has 1 heterocycles. The largest absolute Gasteiger partial charge is 0.370 e. The van der Waals surface area contributed by atoms with Gasteiger partial charge in [0.2, 0.25) is 11.7 Å². The number of hydrogen-bond acceptors (Lipinski definition) is 5. The minimum atomic E-state index is -0.519. The van der Waals surface area contributed by atoms with Crippen molar-refractivity contribution < 1.29 is 9.26 Å². The van der Waals surface area contributed by atoms with Crippen molar-refractivity contribution in [2.24, 2.45) is 11.7 Å². The van der Waals surface area contributed by atoms with E-state index in [1.54, 1.807) is 0 Å². The normalized spacial score (nSPS) is 18.9. The Bertz CT molecular complexity index is 423. The van der Waals surface area contributed by atoms with Gasteiger partial charge in [0.1, 0.15) is 6.10 Å². The van der Waals surface area contributed by atoms with Crippen LogP contribution in [-0.4, -0.2) is 16.7 Å². The summed E-state index contributed by atoms with van der Waals surface area (Å²) < 4.78 is 11.4. The zero-order valence-corrected chi connectivity index (χ0v) is 13.6. The van der Waals surface area contributed by atoms with Crippen molar-refractivity contribution in [3.63, 3.8) is 0 Å². The van der Waals surface area contributed by atoms with Gasteiger partial charge in [0.15, 0.2) is 0 Å². The molecule has 5 nitrogen and oxygen atoms in total. The van der Waals surface area contributed by atoms with E-state index in [0.717, 1.165) is 12.8 Å². The van der Waals surface area contributed by atoms with Gasteiger partial charge in [0.25, 0.3) is 0 Å². The molecule has 0 bridgehead atoms. The summed E-state index contributed by atoms with van der Waals surface area (Å²) in [6.07, 6.45) is 7.75. The van der Waals surface area contributed by atoms with E-state index in [9.17, 15) is 0 Å². The number of hydrogen-bond donors (Lipinski definition) is 1. The highest BCUT2D eigenvalue weighted by molar-refractivity contribution is 5.03. The average Bonchev–Trinajstić information content (AvgIpc) is 3.03. The van der Waals surface area contributed by atoms with E-state index >= 15 is 0 Å². The van der Waals surface area contributed by atoms with Gasteiger partial charge < -0.3 is 15.0 Å². The van der Waals surface area contributed by atoms with Gasteiger partial charge in [-0.05, 0) is 38.5 Å². The quantitative estimate of drug-likeness (QED) is 0.830. The molecule has 1 aliphatic carbocycles. The summed E-state index contributed by atoms with van der Waals surface area (Å²) >= 11 is 0. The van der Waals surface area contributed by atoms with E-state index in [1.165, 1.54) is 32.1 Å². The van der Waals surface area contributed by atoms with Crippen molar-refractivity contribution >= 4 is 0 Å². The van der Waals surface area contributed by atoms with Crippen LogP contribution in [0.15, 0.2) is 4.52 Å². The monoisotopic (exact) mass is 295 g/mol. The summed E-state index contributed by atoms with van der Waals surface area (Å²) in [6.45, 7) is 6.78. The van der Waals surface area contributed by atoms with Crippen LogP contribution >= 0.6 is 0 Å². The predicted molar refractivity (Wildman–Crippen MR) is 81.7 cm³/mol. The zero-order valence-electron chi connectivity index (χ0n) is 13.6. The number of nitrogens with zero attached hydrogens (tertiary/aromatic N) is 2. The number of ether oxygens (including phenoxy) is 1. The van der Waals surface area contributed by atoms with Crippen LogP contribution in [-0.2, 0) is 10.3 Å². The first kappa shape index (κ1) is 16.4. The Morgan fingerprint density at radius 1 is 1.24 bits per heavy atom. The molecule has 0 amide bonds. The van der Waals surface area contributed by atoms with Crippen LogP contribution in [0.25, 0.3) is 0 Å². The molecule has 0 saturated heterocycles. The maximum absolute atomic E-state index is 6.35. The topological polar surface area (TPSA) is 74.2 Å². The van der Waals surface area contributed by atoms with Gasteiger partial charge in [-0.2, -0.15) is 4.98 Å². The van der Waals surface area contributed by atoms with Crippen molar-refractivity contribution in [2.75, 3.05) is 6.61 Å². The van der Waals surface area contributed by atoms with Crippen LogP contribution in [0.1, 0.15) is 83.5 Å². The first-order valence-electron chi connectivity index (χ1n) is 8.39. The maximum atomic E-state index is 6.35. The Labute approximate surface area is 127 Å². The Morgan fingerprint density at radius 3 is 2.48 bits per heavy atom. The molecule has 0 aromatic carbocycles. The van der Waals surface area contributed by atoms with Gasteiger partial charge in [0, 0.05) is 6.61 Å². The Balaban J connectivity index is 2.19. The standard InChI is InChI=1S/C16H29N3O2/c1-4-16(17,5-2)15-18-14(19-21-15)13(20-6-3)12-10-8-7-9-11-12/h12-13H,4-11,17H2,1-3H3. The van der Waals surface area contributed by atoms with Gasteiger partial charge in [-0.25, -0.2) is 0 Å². The van der Waals surface area contributed by atoms with Crippen LogP contribution in [0.5, 0.6) is 0 Å². The van der Waals surface area contributed by atoms with Crippen molar-refractivity contribution in [3.8, 4) is 0 Å². The number of aromatic nitrogens is 2. The summed E-state index contributed by atoms with van der Waals surface area (Å²) in [4.78, 5) is 4.59. The molecule has 0 spiro atoms. The van der Waals surface area contributed by atoms with E-state index < -0.39 is 5.54 Å². The van der Waals surface area contributed by atoms with E-state index in [2.05, 4.69) is 24.0 Å². The van der Waals surface area contributed by atoms with Crippen LogP contribution in [0.2, 0.25) is 0 Å². The maximum Gasteiger partial charge on any atom is 0.246 e. The molecule has 0 radical (unpaired) electrons. The SMILES string of the molecule is CCOC(c1noc(C(N)(CC)CC)n1)C1CCCCC1. The molecule has 0 aliphatic heterocycles. The molecule has 1 aromatic heterocycles. The highest BCUT2D eigenvalue weighted by atomic mass is 16.5. The Morgan fingerprint density at radius 2 is 1.90 bits per heavy atom. The zero-order chi connectivity index (χ0) is 15.3. The van der Waals surface area contributed by atoms with Crippen LogP contribution in [0, 0.1) is 5.92 Å². The molecule has 5 heteroatoms. The summed E-state index contributed by atoms with van der Waals surface area (Å²) in [5.41, 5.74) is 5.83. The lowest BCUT2D eigenvalue weighted by Gasteiger charge is -2.28. The van der Waals surface area contributed by atoms with Crippen molar-refractivity contribution in [1.29, 1.82) is 0 Å². The second-order valence-corrected chi connectivity index (χ2v) is 6.10. The molecule has 1 atom stereocenters. The molecule has 2 rings (SSSR count). The minimum absolute atomic E-state index is 0.0502. The molecule has 1 saturated carbocycles. The van der Waals surface area contributed by atoms with E-state index in [4.69, 9.17) is 15.0 Å². The molecule has 21 heavy (non-hydrogen) atoms. The van der Waals surface area contributed by atoms with E-state index in [1.807, 2.05) is 6.92 Å². The smallest absolute Gasteiger partial charge is 0.246 e. The summed E-state index contributed by atoms with van der Waals surface area (Å²) in [5.74, 6) is 1.72. The summed E-state index contributed by atoms with van der Waals surface area (Å²) in [5, 5.41) is 4.18. The number of rotatable bonds is 7. The molecule has 1 unspecified atom stereocenters. The second kappa shape index (κ2) is 7.36. The highest BCUT2D eigenvalue weighted by Crippen LogP contribution is 2.36. The van der Waals surface area contributed by atoms with Crippen LogP contribution in [0.4, 0.5) is 0 Å². The van der Waals surface area contributed by atoms with Crippen LogP contribution in [0.3, 0.4) is 0 Å². The van der Waals surface area contributed by atoms with Gasteiger partial charge in [0.05, 0.1) is 5.54 Å². The lowest BCUT2D eigenvalue weighted by Crippen LogP contribution is -2.35. The summed E-state index contributed by atoms with van der Waals surface area (Å²) in [6, 6.07) is 0. The van der Waals surface area contributed by atoms with Gasteiger partial charge in [-0.1, -0.05) is 38.3 Å². The second-order valence-electron chi connectivity index (χ2n) is 6.10. The fraction of sp³-hybridized carbons (Fsp3) is 0.875. The molecular formula is C16H29N3O2. The third-order valence-electron chi connectivity index (χ3n) is 4.81. The van der Waals surface area contributed by atoms with Crippen molar-refractivity contribution in [3.05, 3.63) is 11.7 Å². The number of nitrogens with two attached hydrogens (primary N) is 1. The average molecular weight is 295 g/mol. The summed E-state index contributed by atoms with van der Waals surface area (Å²) in [7, 11) is 0. The van der Waals surface area contributed by atoms with Gasteiger partial charge in [-0.15, -0.1) is 0 Å². The molecule has 1 aliphatic rings. The van der Waals surface area contributed by atoms with E-state index in [0.29, 0.717) is 24.2 Å². The van der Waals surface area contributed by atoms with Gasteiger partial charge in [-0.3, -0.25) is 0 Å². The fourth-order valence-electron chi connectivity index (χ4n) is 3.14. The Hall–Kier alpha value is -0.940. The molecule has 1 fully saturated rings. The third-order valence-corrected chi connectivity index (χ3v) is 4.81. The molecular weight excluding hydrogens is 266 g/mol. The predicted octanol–water partition coefficient (Wildman–Crippen LogP) is 3.70. The first-order valence-corrected chi connectivity index (χ1v) is 8.39. The van der Waals surface area contributed by atoms with Crippen molar-refractivity contribution in [1.82, 2.24) is 10.1 Å². The van der Waals surface area contributed by atoms with Gasteiger partial charge >= 0.3 is 0 Å². The highest BCUT2D eigenvalue weighted by Gasteiger charge is 2.34. The molecule has 1 aromatic rings. The lowest BCUT2D eigenvalue weighted by atomic mass is 9.85. The lowest BCUT2D eigenvalue weighted by molar-refractivity contribution is -0.00145. The fourth-order valence-corrected chi connectivity index (χ4v) is 3.14. The van der Waals surface area contributed by atoms with Crippen molar-refractivity contribution in [2.45, 2.75) is 77.4 Å². The van der Waals surface area contributed by atoms with E-state index in [-0.39, 0.29) is 6.10 Å². The molecule has 120 valence electrons. The third kappa shape index (κ3) is 3.64. The van der Waals surface area contributed by atoms with Crippen LogP contribution < -0.4 is 5.73 Å². The minimum Gasteiger partial charge on any atom is -0.370 e. The first-order chi connectivity index (χ1) is 10.1.